The normalized spacial score (nSPS) is 27.3. The molecule has 0 amide bonds. The third kappa shape index (κ3) is 4.65. The molecule has 1 fully saturated rings. The van der Waals surface area contributed by atoms with Crippen LogP contribution >= 0.6 is 0 Å². The monoisotopic (exact) mass is 432 g/mol. The first kappa shape index (κ1) is 22.7. The maximum atomic E-state index is 15.5. The topological polar surface area (TPSA) is 0 Å². The summed E-state index contributed by atoms with van der Waals surface area (Å²) in [7, 11) is 0. The van der Waals surface area contributed by atoms with Crippen molar-refractivity contribution in [2.45, 2.75) is 63.5 Å². The zero-order chi connectivity index (χ0) is 22.6. The first-order valence-corrected chi connectivity index (χ1v) is 12.0. The Balaban J connectivity index is 1.51. The van der Waals surface area contributed by atoms with Gasteiger partial charge in [-0.15, -0.1) is 13.2 Å². The first-order chi connectivity index (χ1) is 15.6. The van der Waals surface area contributed by atoms with Crippen LogP contribution in [0.15, 0.2) is 73.8 Å². The van der Waals surface area contributed by atoms with E-state index in [1.54, 1.807) is 18.2 Å². The van der Waals surface area contributed by atoms with Gasteiger partial charge in [0.1, 0.15) is 5.83 Å². The second-order valence-corrected chi connectivity index (χ2v) is 9.59. The lowest BCUT2D eigenvalue weighted by Gasteiger charge is -2.35. The number of hydrogen-bond donors (Lipinski definition) is 0. The van der Waals surface area contributed by atoms with E-state index < -0.39 is 17.4 Å². The molecule has 0 aliphatic heterocycles. The van der Waals surface area contributed by atoms with Crippen molar-refractivity contribution < 1.29 is 8.78 Å². The summed E-state index contributed by atoms with van der Waals surface area (Å²) >= 11 is 0. The Morgan fingerprint density at radius 3 is 2.34 bits per heavy atom. The summed E-state index contributed by atoms with van der Waals surface area (Å²) in [4.78, 5) is 0. The van der Waals surface area contributed by atoms with Gasteiger partial charge in [0.05, 0.1) is 0 Å². The van der Waals surface area contributed by atoms with Gasteiger partial charge in [0, 0.05) is 10.6 Å². The lowest BCUT2D eigenvalue weighted by atomic mass is 9.71. The van der Waals surface area contributed by atoms with Crippen molar-refractivity contribution in [1.82, 2.24) is 0 Å². The highest BCUT2D eigenvalue weighted by Crippen LogP contribution is 2.43. The minimum atomic E-state index is -1.61. The Labute approximate surface area is 191 Å². The predicted octanol–water partition coefficient (Wildman–Crippen LogP) is 6.94. The highest BCUT2D eigenvalue weighted by atomic mass is 19.2. The molecule has 0 nitrogen and oxygen atoms in total. The molecule has 0 saturated heterocycles. The van der Waals surface area contributed by atoms with Gasteiger partial charge in [-0.25, -0.2) is 8.78 Å². The fraction of sp³-hybridized carbons (Fsp3) is 0.400. The Morgan fingerprint density at radius 1 is 0.938 bits per heavy atom. The molecule has 1 saturated carbocycles. The van der Waals surface area contributed by atoms with Crippen LogP contribution in [0.1, 0.15) is 62.0 Å². The second-order valence-electron chi connectivity index (χ2n) is 9.59. The van der Waals surface area contributed by atoms with Crippen LogP contribution in [0.2, 0.25) is 0 Å². The lowest BCUT2D eigenvalue weighted by molar-refractivity contribution is 0.180. The van der Waals surface area contributed by atoms with Crippen molar-refractivity contribution >= 4 is 11.9 Å². The molecule has 2 heteroatoms. The van der Waals surface area contributed by atoms with Gasteiger partial charge in [-0.05, 0) is 79.5 Å². The molecule has 2 atom stereocenters. The average molecular weight is 433 g/mol. The fourth-order valence-corrected chi connectivity index (χ4v) is 5.53. The zero-order valence-electron chi connectivity index (χ0n) is 18.9. The molecular formula is C30H34F2. The highest BCUT2D eigenvalue weighted by Gasteiger charge is 2.41. The minimum Gasteiger partial charge on any atom is -0.239 e. The highest BCUT2D eigenvalue weighted by molar-refractivity contribution is 5.55. The third-order valence-corrected chi connectivity index (χ3v) is 7.64. The van der Waals surface area contributed by atoms with Crippen molar-refractivity contribution in [3.8, 4) is 0 Å². The number of allylic oxidation sites excluding steroid dienone is 2. The smallest absolute Gasteiger partial charge is 0.161 e. The van der Waals surface area contributed by atoms with Gasteiger partial charge < -0.3 is 0 Å². The van der Waals surface area contributed by atoms with E-state index in [2.05, 4.69) is 43.5 Å². The molecule has 0 aromatic heterocycles. The number of benzene rings is 2. The van der Waals surface area contributed by atoms with Gasteiger partial charge in [-0.1, -0.05) is 66.8 Å². The van der Waals surface area contributed by atoms with Crippen molar-refractivity contribution in [2.24, 2.45) is 11.3 Å². The standard InChI is InChI=1S/C30H34F2/c1-3-5-19-30(21-26-8-6-7-9-27(26)28(31)29(30)32)20-18-23-12-16-25(17-13-23)24-14-10-22(4-2)11-15-24/h3-4,6-9,12-13,16-17,21-22,24,29H,1-2,5,10-11,14-15,18-20H2. The molecule has 2 aromatic carbocycles. The number of aryl methyl sites for hydroxylation is 1. The molecule has 32 heavy (non-hydrogen) atoms. The van der Waals surface area contributed by atoms with Gasteiger partial charge >= 0.3 is 0 Å². The SMILES string of the molecule is C=CCCC1(CCc2ccc(C3CCC(C=C)CC3)cc2)C=c2ccccc2=C(F)C1F. The third-order valence-electron chi connectivity index (χ3n) is 7.64. The summed E-state index contributed by atoms with van der Waals surface area (Å²) in [5.74, 6) is 0.666. The molecule has 0 bridgehead atoms. The summed E-state index contributed by atoms with van der Waals surface area (Å²) in [6.07, 6.45) is 11.7. The van der Waals surface area contributed by atoms with Gasteiger partial charge in [0.25, 0.3) is 0 Å². The molecule has 168 valence electrons. The first-order valence-electron chi connectivity index (χ1n) is 12.0. The Bertz CT molecular complexity index is 1060. The van der Waals surface area contributed by atoms with Crippen molar-refractivity contribution in [1.29, 1.82) is 0 Å². The van der Waals surface area contributed by atoms with Crippen molar-refractivity contribution in [2.75, 3.05) is 0 Å². The maximum absolute atomic E-state index is 15.5. The molecule has 2 aliphatic rings. The summed E-state index contributed by atoms with van der Waals surface area (Å²) in [5.41, 5.74) is 1.75. The van der Waals surface area contributed by atoms with Crippen LogP contribution in [-0.4, -0.2) is 6.17 Å². The van der Waals surface area contributed by atoms with Crippen LogP contribution in [-0.2, 0) is 6.42 Å². The molecule has 0 spiro atoms. The zero-order valence-corrected chi connectivity index (χ0v) is 18.9. The summed E-state index contributed by atoms with van der Waals surface area (Å²) in [6.45, 7) is 7.74. The van der Waals surface area contributed by atoms with Gasteiger partial charge in [0.2, 0.25) is 0 Å². The number of rotatable bonds is 8. The van der Waals surface area contributed by atoms with E-state index in [0.717, 1.165) is 11.6 Å². The van der Waals surface area contributed by atoms with E-state index in [4.69, 9.17) is 0 Å². The average Bonchev–Trinajstić information content (AvgIpc) is 2.85. The van der Waals surface area contributed by atoms with Gasteiger partial charge in [-0.3, -0.25) is 0 Å². The Kier molecular flexibility index (Phi) is 7.08. The molecule has 0 radical (unpaired) electrons. The van der Waals surface area contributed by atoms with E-state index in [1.165, 1.54) is 36.8 Å². The van der Waals surface area contributed by atoms with Crippen molar-refractivity contribution in [3.05, 3.63) is 95.4 Å². The molecule has 0 N–H and O–H groups in total. The number of alkyl halides is 1. The number of hydrogen-bond acceptors (Lipinski definition) is 0. The van der Waals surface area contributed by atoms with E-state index in [-0.39, 0.29) is 0 Å². The van der Waals surface area contributed by atoms with E-state index in [9.17, 15) is 0 Å². The van der Waals surface area contributed by atoms with Crippen LogP contribution < -0.4 is 10.4 Å². The largest absolute Gasteiger partial charge is 0.239 e. The number of fused-ring (bicyclic) bond motifs is 1. The molecular weight excluding hydrogens is 398 g/mol. The number of halogens is 2. The lowest BCUT2D eigenvalue weighted by Crippen LogP contribution is -2.43. The van der Waals surface area contributed by atoms with Crippen LogP contribution in [0.5, 0.6) is 0 Å². The van der Waals surface area contributed by atoms with Crippen LogP contribution in [0.4, 0.5) is 8.78 Å². The van der Waals surface area contributed by atoms with Crippen LogP contribution in [0, 0.1) is 11.3 Å². The van der Waals surface area contributed by atoms with Gasteiger partial charge in [0.15, 0.2) is 6.17 Å². The molecule has 2 unspecified atom stereocenters. The Morgan fingerprint density at radius 2 is 1.66 bits per heavy atom. The molecule has 0 heterocycles. The van der Waals surface area contributed by atoms with Gasteiger partial charge in [-0.2, -0.15) is 0 Å². The maximum Gasteiger partial charge on any atom is 0.161 e. The summed E-state index contributed by atoms with van der Waals surface area (Å²) in [6, 6.07) is 16.1. The van der Waals surface area contributed by atoms with Crippen LogP contribution in [0.3, 0.4) is 0 Å². The van der Waals surface area contributed by atoms with Crippen molar-refractivity contribution in [3.63, 3.8) is 0 Å². The second kappa shape index (κ2) is 9.98. The van der Waals surface area contributed by atoms with E-state index >= 15 is 8.78 Å². The Hall–Kier alpha value is -2.48. The van der Waals surface area contributed by atoms with Crippen LogP contribution in [0.25, 0.3) is 11.9 Å². The quantitative estimate of drug-likeness (QED) is 0.396. The predicted molar refractivity (Wildman–Crippen MR) is 131 cm³/mol. The summed E-state index contributed by atoms with van der Waals surface area (Å²) in [5, 5.41) is 1.19. The summed E-state index contributed by atoms with van der Waals surface area (Å²) < 4.78 is 30.5. The molecule has 2 aliphatic carbocycles. The minimum absolute atomic E-state index is 0.393. The molecule has 4 rings (SSSR count). The fourth-order valence-electron chi connectivity index (χ4n) is 5.53. The van der Waals surface area contributed by atoms with E-state index in [1.807, 2.05) is 18.2 Å². The van der Waals surface area contributed by atoms with E-state index in [0.29, 0.717) is 36.3 Å². The molecule has 2 aromatic rings.